The highest BCUT2D eigenvalue weighted by atomic mass is 19.2. The van der Waals surface area contributed by atoms with Crippen molar-refractivity contribution in [2.45, 2.75) is 78.4 Å². The van der Waals surface area contributed by atoms with Gasteiger partial charge in [-0.15, -0.1) is 0 Å². The van der Waals surface area contributed by atoms with Crippen LogP contribution in [0.5, 0.6) is 5.75 Å². The van der Waals surface area contributed by atoms with Crippen molar-refractivity contribution in [3.63, 3.8) is 0 Å². The van der Waals surface area contributed by atoms with E-state index in [0.29, 0.717) is 23.8 Å². The largest absolute Gasteiger partial charge is 0.481 e. The van der Waals surface area contributed by atoms with E-state index >= 15 is 0 Å². The van der Waals surface area contributed by atoms with Gasteiger partial charge in [0.2, 0.25) is 11.7 Å². The second-order valence-electron chi connectivity index (χ2n) is 11.6. The standard InChI is InChI=1S/C29H39F3N2O7/c1-15(2)19-6-5-16(3)11-23(19)41-29(39)34-9-7-18(8-10-34)28(38)33-21(13-24(36)37)22(35)14-40-27-25(31)17(4)12-20(30)26(27)32/h12,15-16,18-19,21,23H,5-11,13-14H2,1-4H3,(H,33,38)(H,36,37)/t16-,19+,21-,23-/m0/s1. The Hall–Kier alpha value is -3.31. The molecular weight excluding hydrogens is 545 g/mol. The topological polar surface area (TPSA) is 122 Å². The number of Topliss-reactive ketones (excluding diaryl/α,β-unsaturated/α-hetero) is 1. The number of nitrogens with zero attached hydrogens (tertiary/aromatic N) is 1. The highest BCUT2D eigenvalue weighted by Crippen LogP contribution is 2.36. The van der Waals surface area contributed by atoms with Crippen molar-refractivity contribution in [3.8, 4) is 5.75 Å². The molecule has 1 aromatic rings. The second kappa shape index (κ2) is 14.0. The van der Waals surface area contributed by atoms with E-state index in [9.17, 15) is 37.5 Å². The number of carbonyl (C=O) groups excluding carboxylic acids is 3. The number of hydrogen-bond acceptors (Lipinski definition) is 6. The minimum atomic E-state index is -1.62. The Morgan fingerprint density at radius 1 is 1.07 bits per heavy atom. The zero-order chi connectivity index (χ0) is 30.4. The maximum absolute atomic E-state index is 14.2. The van der Waals surface area contributed by atoms with Crippen molar-refractivity contribution in [1.82, 2.24) is 10.2 Å². The molecule has 2 N–H and O–H groups in total. The summed E-state index contributed by atoms with van der Waals surface area (Å²) in [5.41, 5.74) is -0.245. The third-order valence-electron chi connectivity index (χ3n) is 8.08. The molecule has 2 aliphatic rings. The summed E-state index contributed by atoms with van der Waals surface area (Å²) in [7, 11) is 0. The first kappa shape index (κ1) is 32.2. The molecule has 0 aromatic heterocycles. The van der Waals surface area contributed by atoms with E-state index in [2.05, 4.69) is 26.1 Å². The van der Waals surface area contributed by atoms with E-state index in [0.717, 1.165) is 19.3 Å². The van der Waals surface area contributed by atoms with Gasteiger partial charge in [-0.3, -0.25) is 14.4 Å². The van der Waals surface area contributed by atoms with Gasteiger partial charge in [0.05, 0.1) is 6.42 Å². The first-order valence-corrected chi connectivity index (χ1v) is 14.1. The van der Waals surface area contributed by atoms with Gasteiger partial charge < -0.3 is 24.8 Å². The number of likely N-dealkylation sites (tertiary alicyclic amines) is 1. The van der Waals surface area contributed by atoms with Crippen LogP contribution in [0.3, 0.4) is 0 Å². The number of aliphatic carboxylic acids is 1. The zero-order valence-corrected chi connectivity index (χ0v) is 23.9. The predicted molar refractivity (Wildman–Crippen MR) is 142 cm³/mol. The lowest BCUT2D eigenvalue weighted by molar-refractivity contribution is -0.141. The molecule has 3 rings (SSSR count). The average molecular weight is 585 g/mol. The second-order valence-corrected chi connectivity index (χ2v) is 11.6. The summed E-state index contributed by atoms with van der Waals surface area (Å²) in [6.45, 7) is 7.10. The molecule has 1 saturated carbocycles. The van der Waals surface area contributed by atoms with Crippen molar-refractivity contribution >= 4 is 23.8 Å². The number of ketones is 1. The fraction of sp³-hybridized carbons (Fsp3) is 0.655. The van der Waals surface area contributed by atoms with Crippen molar-refractivity contribution in [2.24, 2.45) is 23.7 Å². The lowest BCUT2D eigenvalue weighted by Crippen LogP contribution is -2.49. The number of halogens is 3. The summed E-state index contributed by atoms with van der Waals surface area (Å²) in [5.74, 6) is -7.66. The molecule has 228 valence electrons. The number of aryl methyl sites for hydroxylation is 1. The third-order valence-corrected chi connectivity index (χ3v) is 8.08. The van der Waals surface area contributed by atoms with Crippen LogP contribution >= 0.6 is 0 Å². The van der Waals surface area contributed by atoms with Gasteiger partial charge in [0.1, 0.15) is 18.8 Å². The molecule has 12 heteroatoms. The molecule has 1 aliphatic heterocycles. The zero-order valence-electron chi connectivity index (χ0n) is 23.9. The Labute approximate surface area is 237 Å². The van der Waals surface area contributed by atoms with Gasteiger partial charge in [-0.25, -0.2) is 13.6 Å². The first-order chi connectivity index (χ1) is 19.3. The Balaban J connectivity index is 1.55. The van der Waals surface area contributed by atoms with Gasteiger partial charge in [-0.1, -0.05) is 27.2 Å². The molecule has 0 radical (unpaired) electrons. The molecule has 0 spiro atoms. The number of amides is 2. The number of nitrogens with one attached hydrogen (secondary N) is 1. The third kappa shape index (κ3) is 8.36. The van der Waals surface area contributed by atoms with Crippen LogP contribution in [0.2, 0.25) is 0 Å². The predicted octanol–water partition coefficient (Wildman–Crippen LogP) is 4.63. The number of ether oxygens (including phenoxy) is 2. The fourth-order valence-electron chi connectivity index (χ4n) is 5.56. The van der Waals surface area contributed by atoms with Gasteiger partial charge >= 0.3 is 12.1 Å². The Morgan fingerprint density at radius 2 is 1.73 bits per heavy atom. The van der Waals surface area contributed by atoms with Crippen LogP contribution in [0.15, 0.2) is 6.07 Å². The molecule has 0 bridgehead atoms. The van der Waals surface area contributed by atoms with Crippen LogP contribution in [0.4, 0.5) is 18.0 Å². The quantitative estimate of drug-likeness (QED) is 0.385. The van der Waals surface area contributed by atoms with Crippen LogP contribution in [0, 0.1) is 48.0 Å². The monoisotopic (exact) mass is 584 g/mol. The molecule has 2 fully saturated rings. The molecule has 2 amide bonds. The number of carboxylic acid groups (broad SMARTS) is 1. The Bertz CT molecular complexity index is 1110. The van der Waals surface area contributed by atoms with Gasteiger partial charge in [-0.05, 0) is 62.0 Å². The molecule has 4 atom stereocenters. The smallest absolute Gasteiger partial charge is 0.410 e. The molecule has 1 saturated heterocycles. The van der Waals surface area contributed by atoms with Crippen LogP contribution in [0.1, 0.15) is 64.9 Å². The van der Waals surface area contributed by atoms with Crippen LogP contribution in [-0.2, 0) is 19.1 Å². The van der Waals surface area contributed by atoms with E-state index in [1.165, 1.54) is 6.92 Å². The average Bonchev–Trinajstić information content (AvgIpc) is 2.91. The first-order valence-electron chi connectivity index (χ1n) is 14.1. The summed E-state index contributed by atoms with van der Waals surface area (Å²) in [4.78, 5) is 51.4. The van der Waals surface area contributed by atoms with Gasteiger partial charge in [0.25, 0.3) is 0 Å². The van der Waals surface area contributed by atoms with Crippen LogP contribution in [-0.4, -0.2) is 65.6 Å². The lowest BCUT2D eigenvalue weighted by atomic mass is 9.75. The summed E-state index contributed by atoms with van der Waals surface area (Å²) in [6, 6.07) is -0.901. The molecular formula is C29H39F3N2O7. The lowest BCUT2D eigenvalue weighted by Gasteiger charge is -2.38. The highest BCUT2D eigenvalue weighted by Gasteiger charge is 2.36. The van der Waals surface area contributed by atoms with E-state index < -0.39 is 71.9 Å². The number of benzene rings is 1. The molecule has 41 heavy (non-hydrogen) atoms. The summed E-state index contributed by atoms with van der Waals surface area (Å²) in [6.07, 6.45) is 2.11. The molecule has 9 nitrogen and oxygen atoms in total. The van der Waals surface area contributed by atoms with Gasteiger partial charge in [-0.2, -0.15) is 4.39 Å². The maximum atomic E-state index is 14.2. The normalized spacial score (nSPS) is 22.2. The van der Waals surface area contributed by atoms with Crippen molar-refractivity contribution < 1.29 is 46.9 Å². The Morgan fingerprint density at radius 3 is 2.34 bits per heavy atom. The summed E-state index contributed by atoms with van der Waals surface area (Å²) >= 11 is 0. The van der Waals surface area contributed by atoms with Crippen molar-refractivity contribution in [3.05, 3.63) is 29.1 Å². The van der Waals surface area contributed by atoms with E-state index in [1.54, 1.807) is 4.90 Å². The minimum absolute atomic E-state index is 0.157. The van der Waals surface area contributed by atoms with Crippen LogP contribution in [0.25, 0.3) is 0 Å². The number of hydrogen-bond donors (Lipinski definition) is 2. The Kier molecular flexibility index (Phi) is 11.0. The molecule has 1 heterocycles. The number of rotatable bonds is 10. The molecule has 1 aromatic carbocycles. The highest BCUT2D eigenvalue weighted by molar-refractivity contribution is 5.93. The van der Waals surface area contributed by atoms with Crippen molar-refractivity contribution in [1.29, 1.82) is 0 Å². The fourth-order valence-corrected chi connectivity index (χ4v) is 5.56. The number of carbonyl (C=O) groups is 4. The van der Waals surface area contributed by atoms with Crippen molar-refractivity contribution in [2.75, 3.05) is 19.7 Å². The van der Waals surface area contributed by atoms with Gasteiger partial charge in [0.15, 0.2) is 23.2 Å². The maximum Gasteiger partial charge on any atom is 0.410 e. The minimum Gasteiger partial charge on any atom is -0.481 e. The molecule has 0 unspecified atom stereocenters. The van der Waals surface area contributed by atoms with Crippen LogP contribution < -0.4 is 10.1 Å². The summed E-state index contributed by atoms with van der Waals surface area (Å²) < 4.78 is 52.6. The van der Waals surface area contributed by atoms with E-state index in [4.69, 9.17) is 9.47 Å². The van der Waals surface area contributed by atoms with E-state index in [1.807, 2.05) is 0 Å². The SMILES string of the molecule is Cc1cc(F)c(F)c(OCC(=O)[C@H](CC(=O)O)NC(=O)C2CCN(C(=O)O[C@H]3C[C@@H](C)CC[C@@H]3C(C)C)CC2)c1F. The summed E-state index contributed by atoms with van der Waals surface area (Å²) in [5, 5.41) is 11.6. The number of piperidine rings is 1. The van der Waals surface area contributed by atoms with E-state index in [-0.39, 0.29) is 37.6 Å². The molecule has 1 aliphatic carbocycles. The number of carboxylic acids is 1. The van der Waals surface area contributed by atoms with Gasteiger partial charge in [0, 0.05) is 19.0 Å².